The minimum Gasteiger partial charge on any atom is -0.507 e. The molecule has 2 aromatic rings. The zero-order valence-corrected chi connectivity index (χ0v) is 13.7. The van der Waals surface area contributed by atoms with Crippen LogP contribution in [0, 0.1) is 0 Å². The third-order valence-electron chi connectivity index (χ3n) is 3.37. The van der Waals surface area contributed by atoms with Crippen molar-refractivity contribution in [2.24, 2.45) is 0 Å². The van der Waals surface area contributed by atoms with Crippen molar-refractivity contribution in [1.29, 1.82) is 0 Å². The maximum Gasteiger partial charge on any atom is 0.202 e. The van der Waals surface area contributed by atoms with E-state index >= 15 is 0 Å². The summed E-state index contributed by atoms with van der Waals surface area (Å²) in [5.41, 5.74) is 1.96. The first-order valence-electron chi connectivity index (χ1n) is 6.93. The Kier molecular flexibility index (Phi) is 4.49. The number of nitrogens with one attached hydrogen (secondary N) is 1. The fourth-order valence-corrected chi connectivity index (χ4v) is 2.96. The quantitative estimate of drug-likeness (QED) is 0.847. The molecular formula is C17H21NO2S. The van der Waals surface area contributed by atoms with Gasteiger partial charge >= 0.3 is 0 Å². The number of benzene rings is 1. The molecule has 2 N–H and O–H groups in total. The first-order chi connectivity index (χ1) is 9.84. The van der Waals surface area contributed by atoms with Gasteiger partial charge in [-0.3, -0.25) is 4.79 Å². The normalized spacial score (nSPS) is 11.6. The Morgan fingerprint density at radius 1 is 1.33 bits per heavy atom. The van der Waals surface area contributed by atoms with Crippen molar-refractivity contribution in [3.63, 3.8) is 0 Å². The molecule has 2 rings (SSSR count). The molecule has 1 aromatic heterocycles. The lowest BCUT2D eigenvalue weighted by Gasteiger charge is -2.23. The number of thiophene rings is 1. The van der Waals surface area contributed by atoms with Gasteiger partial charge in [-0.2, -0.15) is 0 Å². The van der Waals surface area contributed by atoms with Crippen LogP contribution < -0.4 is 5.32 Å². The SMILES string of the molecule is CNCc1cc(C(=O)c2cccs2)cc(C(C)(C)C)c1O. The van der Waals surface area contributed by atoms with Crippen molar-refractivity contribution in [2.75, 3.05) is 7.05 Å². The molecular weight excluding hydrogens is 282 g/mol. The molecule has 0 aliphatic carbocycles. The summed E-state index contributed by atoms with van der Waals surface area (Å²) in [5, 5.41) is 15.4. The highest BCUT2D eigenvalue weighted by Crippen LogP contribution is 2.35. The minimum atomic E-state index is -0.224. The molecule has 0 atom stereocenters. The minimum absolute atomic E-state index is 0.00727. The van der Waals surface area contributed by atoms with Crippen molar-refractivity contribution in [3.8, 4) is 5.75 Å². The van der Waals surface area contributed by atoms with Crippen LogP contribution in [-0.2, 0) is 12.0 Å². The van der Waals surface area contributed by atoms with Gasteiger partial charge in [-0.1, -0.05) is 26.8 Å². The van der Waals surface area contributed by atoms with Gasteiger partial charge in [0.25, 0.3) is 0 Å². The van der Waals surface area contributed by atoms with Crippen LogP contribution in [0.1, 0.15) is 47.1 Å². The Morgan fingerprint density at radius 3 is 2.57 bits per heavy atom. The molecule has 0 aliphatic rings. The fraction of sp³-hybridized carbons (Fsp3) is 0.353. The summed E-state index contributed by atoms with van der Waals surface area (Å²) in [4.78, 5) is 13.3. The van der Waals surface area contributed by atoms with E-state index in [-0.39, 0.29) is 16.9 Å². The Bertz CT molecular complexity index is 640. The van der Waals surface area contributed by atoms with Crippen LogP contribution in [0.2, 0.25) is 0 Å². The summed E-state index contributed by atoms with van der Waals surface area (Å²) in [6.07, 6.45) is 0. The van der Waals surface area contributed by atoms with E-state index in [1.807, 2.05) is 51.4 Å². The lowest BCUT2D eigenvalue weighted by atomic mass is 9.83. The molecule has 0 spiro atoms. The molecule has 0 fully saturated rings. The van der Waals surface area contributed by atoms with Crippen LogP contribution in [0.5, 0.6) is 5.75 Å². The van der Waals surface area contributed by atoms with E-state index in [0.29, 0.717) is 12.1 Å². The van der Waals surface area contributed by atoms with Crippen molar-refractivity contribution in [3.05, 3.63) is 51.2 Å². The molecule has 0 saturated heterocycles. The number of hydrogen-bond donors (Lipinski definition) is 2. The van der Waals surface area contributed by atoms with Crippen molar-refractivity contribution in [2.45, 2.75) is 32.7 Å². The number of phenolic OH excluding ortho intramolecular Hbond substituents is 1. The van der Waals surface area contributed by atoms with Crippen LogP contribution >= 0.6 is 11.3 Å². The number of carbonyl (C=O) groups is 1. The predicted octanol–water partition coefficient (Wildman–Crippen LogP) is 3.70. The maximum atomic E-state index is 12.6. The van der Waals surface area contributed by atoms with Gasteiger partial charge in [-0.05, 0) is 36.0 Å². The highest BCUT2D eigenvalue weighted by Gasteiger charge is 2.23. The van der Waals surface area contributed by atoms with Gasteiger partial charge in [0.2, 0.25) is 5.78 Å². The van der Waals surface area contributed by atoms with Gasteiger partial charge in [0, 0.05) is 23.2 Å². The van der Waals surface area contributed by atoms with E-state index in [4.69, 9.17) is 0 Å². The third-order valence-corrected chi connectivity index (χ3v) is 4.24. The first-order valence-corrected chi connectivity index (χ1v) is 7.81. The molecule has 112 valence electrons. The van der Waals surface area contributed by atoms with Crippen LogP contribution in [0.4, 0.5) is 0 Å². The number of aromatic hydroxyl groups is 1. The smallest absolute Gasteiger partial charge is 0.202 e. The molecule has 21 heavy (non-hydrogen) atoms. The summed E-state index contributed by atoms with van der Waals surface area (Å²) in [6.45, 7) is 6.63. The van der Waals surface area contributed by atoms with Gasteiger partial charge in [-0.15, -0.1) is 11.3 Å². The van der Waals surface area contributed by atoms with Crippen LogP contribution in [0.25, 0.3) is 0 Å². The maximum absolute atomic E-state index is 12.6. The van der Waals surface area contributed by atoms with Crippen LogP contribution in [0.3, 0.4) is 0 Å². The summed E-state index contributed by atoms with van der Waals surface area (Å²) in [6, 6.07) is 7.30. The fourth-order valence-electron chi connectivity index (χ4n) is 2.27. The second kappa shape index (κ2) is 6.00. The first kappa shape index (κ1) is 15.7. The summed E-state index contributed by atoms with van der Waals surface area (Å²) < 4.78 is 0. The topological polar surface area (TPSA) is 49.3 Å². The summed E-state index contributed by atoms with van der Waals surface area (Å²) in [7, 11) is 1.82. The molecule has 4 heteroatoms. The lowest BCUT2D eigenvalue weighted by Crippen LogP contribution is -2.16. The van der Waals surface area contributed by atoms with Gasteiger partial charge < -0.3 is 10.4 Å². The van der Waals surface area contributed by atoms with Crippen LogP contribution in [0.15, 0.2) is 29.6 Å². The van der Waals surface area contributed by atoms with E-state index < -0.39 is 0 Å². The average Bonchev–Trinajstić information content (AvgIpc) is 2.93. The Labute approximate surface area is 129 Å². The number of phenols is 1. The van der Waals surface area contributed by atoms with Gasteiger partial charge in [0.05, 0.1) is 4.88 Å². The second-order valence-corrected chi connectivity index (χ2v) is 7.07. The molecule has 0 radical (unpaired) electrons. The molecule has 0 bridgehead atoms. The van der Waals surface area contributed by atoms with Gasteiger partial charge in [-0.25, -0.2) is 0 Å². The summed E-state index contributed by atoms with van der Waals surface area (Å²) >= 11 is 1.43. The number of rotatable bonds is 4. The Morgan fingerprint density at radius 2 is 2.05 bits per heavy atom. The third kappa shape index (κ3) is 3.34. The van der Waals surface area contributed by atoms with Crippen molar-refractivity contribution >= 4 is 17.1 Å². The lowest BCUT2D eigenvalue weighted by molar-refractivity contribution is 0.104. The van der Waals surface area contributed by atoms with E-state index in [0.717, 1.165) is 16.0 Å². The molecule has 3 nitrogen and oxygen atoms in total. The van der Waals surface area contributed by atoms with E-state index in [1.54, 1.807) is 6.07 Å². The Balaban J connectivity index is 2.56. The molecule has 0 saturated carbocycles. The molecule has 0 unspecified atom stereocenters. The van der Waals surface area contributed by atoms with Crippen molar-refractivity contribution < 1.29 is 9.90 Å². The van der Waals surface area contributed by atoms with Crippen LogP contribution in [-0.4, -0.2) is 17.9 Å². The summed E-state index contributed by atoms with van der Waals surface area (Å²) in [5.74, 6) is 0.285. The number of ketones is 1. The highest BCUT2D eigenvalue weighted by molar-refractivity contribution is 7.12. The van der Waals surface area contributed by atoms with Gasteiger partial charge in [0.15, 0.2) is 0 Å². The van der Waals surface area contributed by atoms with Crippen molar-refractivity contribution in [1.82, 2.24) is 5.32 Å². The molecule has 0 amide bonds. The molecule has 1 heterocycles. The standard InChI is InChI=1S/C17H21NO2S/c1-17(2,3)13-9-11(8-12(10-18-4)15(13)19)16(20)14-6-5-7-21-14/h5-9,18-19H,10H2,1-4H3. The number of carbonyl (C=O) groups excluding carboxylic acids is 1. The average molecular weight is 303 g/mol. The van der Waals surface area contributed by atoms with E-state index in [9.17, 15) is 9.90 Å². The zero-order valence-electron chi connectivity index (χ0n) is 12.9. The molecule has 1 aromatic carbocycles. The molecule has 0 aliphatic heterocycles. The Hall–Kier alpha value is -1.65. The highest BCUT2D eigenvalue weighted by atomic mass is 32.1. The van der Waals surface area contributed by atoms with Gasteiger partial charge in [0.1, 0.15) is 5.75 Å². The van der Waals surface area contributed by atoms with E-state index in [1.165, 1.54) is 11.3 Å². The second-order valence-electron chi connectivity index (χ2n) is 6.12. The predicted molar refractivity (Wildman–Crippen MR) is 87.3 cm³/mol. The van der Waals surface area contributed by atoms with E-state index in [2.05, 4.69) is 5.32 Å². The largest absolute Gasteiger partial charge is 0.507 e. The monoisotopic (exact) mass is 303 g/mol. The zero-order chi connectivity index (χ0) is 15.6. The number of hydrogen-bond acceptors (Lipinski definition) is 4.